The number of ether oxygens (including phenoxy) is 1. The van der Waals surface area contributed by atoms with Gasteiger partial charge in [-0.3, -0.25) is 9.69 Å². The van der Waals surface area contributed by atoms with Crippen LogP contribution >= 0.6 is 11.3 Å². The smallest absolute Gasteiger partial charge is 0.261 e. The van der Waals surface area contributed by atoms with E-state index < -0.39 is 0 Å². The first kappa shape index (κ1) is 21.7. The predicted octanol–water partition coefficient (Wildman–Crippen LogP) is 4.45. The maximum Gasteiger partial charge on any atom is 0.261 e. The fourth-order valence-electron chi connectivity index (χ4n) is 4.40. The molecule has 1 fully saturated rings. The molecule has 0 saturated carbocycles. The van der Waals surface area contributed by atoms with Gasteiger partial charge in [0.2, 0.25) is 0 Å². The number of benzene rings is 1. The lowest BCUT2D eigenvalue weighted by atomic mass is 10.0. The van der Waals surface area contributed by atoms with Crippen molar-refractivity contribution in [1.82, 2.24) is 20.2 Å². The summed E-state index contributed by atoms with van der Waals surface area (Å²) in [5, 5.41) is 4.21. The number of nitrogens with one attached hydrogen (secondary N) is 1. The molecular formula is C24H30N4O2S. The van der Waals surface area contributed by atoms with Crippen molar-refractivity contribution in [3.8, 4) is 5.75 Å². The van der Waals surface area contributed by atoms with E-state index in [1.165, 1.54) is 29.7 Å². The van der Waals surface area contributed by atoms with Gasteiger partial charge in [-0.15, -0.1) is 11.3 Å². The number of aryl methyl sites for hydroxylation is 3. The minimum absolute atomic E-state index is 0.0370. The van der Waals surface area contributed by atoms with E-state index in [2.05, 4.69) is 32.3 Å². The van der Waals surface area contributed by atoms with Gasteiger partial charge in [0.15, 0.2) is 0 Å². The number of fused-ring (bicyclic) bond motifs is 1. The highest BCUT2D eigenvalue weighted by Gasteiger charge is 2.26. The van der Waals surface area contributed by atoms with E-state index in [0.717, 1.165) is 57.4 Å². The molecule has 6 nitrogen and oxygen atoms in total. The third-order valence-electron chi connectivity index (χ3n) is 6.06. The van der Waals surface area contributed by atoms with E-state index in [9.17, 15) is 4.79 Å². The number of rotatable bonds is 7. The normalized spacial score (nSPS) is 15.4. The Kier molecular flexibility index (Phi) is 6.53. The molecule has 0 unspecified atom stereocenters. The Balaban J connectivity index is 1.58. The second-order valence-corrected chi connectivity index (χ2v) is 9.06. The van der Waals surface area contributed by atoms with Crippen molar-refractivity contribution < 1.29 is 9.53 Å². The van der Waals surface area contributed by atoms with Gasteiger partial charge in [0.25, 0.3) is 5.91 Å². The SMILES string of the molecule is CCc1nc(C)c2c(C)c(C(=O)NC[C@@H](c3cccc(OC)c3)N3CCCC3)sc2n1. The molecule has 1 aliphatic rings. The van der Waals surface area contributed by atoms with Gasteiger partial charge in [0.05, 0.1) is 18.0 Å². The molecule has 0 radical (unpaired) electrons. The van der Waals surface area contributed by atoms with Gasteiger partial charge in [0, 0.05) is 24.0 Å². The van der Waals surface area contributed by atoms with E-state index in [0.29, 0.717) is 6.54 Å². The molecule has 1 aromatic carbocycles. The molecule has 1 saturated heterocycles. The van der Waals surface area contributed by atoms with Gasteiger partial charge in [-0.25, -0.2) is 9.97 Å². The van der Waals surface area contributed by atoms with Crippen LogP contribution in [0, 0.1) is 13.8 Å². The van der Waals surface area contributed by atoms with Crippen LogP contribution in [-0.2, 0) is 6.42 Å². The molecule has 164 valence electrons. The number of amides is 1. The summed E-state index contributed by atoms with van der Waals surface area (Å²) in [5.41, 5.74) is 3.08. The molecule has 2 aromatic heterocycles. The van der Waals surface area contributed by atoms with Crippen LogP contribution in [0.25, 0.3) is 10.2 Å². The standard InChI is InChI=1S/C24H30N4O2S/c1-5-20-26-16(3)21-15(2)22(31-24(21)27-20)23(29)25-14-19(28-11-6-7-12-28)17-9-8-10-18(13-17)30-4/h8-10,13,19H,5-7,11-12,14H2,1-4H3,(H,25,29)/t19-/m0/s1. The minimum Gasteiger partial charge on any atom is -0.497 e. The molecule has 4 rings (SSSR count). The predicted molar refractivity (Wildman–Crippen MR) is 125 cm³/mol. The molecule has 3 aromatic rings. The fraction of sp³-hybridized carbons (Fsp3) is 0.458. The van der Waals surface area contributed by atoms with Crippen LogP contribution in [-0.4, -0.2) is 47.5 Å². The van der Waals surface area contributed by atoms with Gasteiger partial charge in [-0.05, 0) is 63.0 Å². The molecule has 7 heteroatoms. The van der Waals surface area contributed by atoms with Crippen LogP contribution in [0.3, 0.4) is 0 Å². The second-order valence-electron chi connectivity index (χ2n) is 8.06. The maximum absolute atomic E-state index is 13.2. The topological polar surface area (TPSA) is 67.3 Å². The summed E-state index contributed by atoms with van der Waals surface area (Å²) in [7, 11) is 1.69. The Labute approximate surface area is 187 Å². The van der Waals surface area contributed by atoms with Crippen molar-refractivity contribution in [2.24, 2.45) is 0 Å². The van der Waals surface area contributed by atoms with Crippen molar-refractivity contribution in [3.05, 3.63) is 51.8 Å². The van der Waals surface area contributed by atoms with E-state index >= 15 is 0 Å². The Morgan fingerprint density at radius 3 is 2.74 bits per heavy atom. The molecular weight excluding hydrogens is 408 g/mol. The number of carbonyl (C=O) groups is 1. The summed E-state index contributed by atoms with van der Waals surface area (Å²) in [4.78, 5) is 26.5. The zero-order chi connectivity index (χ0) is 22.0. The van der Waals surface area contributed by atoms with Crippen molar-refractivity contribution in [2.45, 2.75) is 46.1 Å². The van der Waals surface area contributed by atoms with E-state index in [1.807, 2.05) is 32.9 Å². The monoisotopic (exact) mass is 438 g/mol. The Morgan fingerprint density at radius 2 is 2.03 bits per heavy atom. The van der Waals surface area contributed by atoms with E-state index in [1.54, 1.807) is 7.11 Å². The average molecular weight is 439 g/mol. The number of hydrogen-bond acceptors (Lipinski definition) is 6. The summed E-state index contributed by atoms with van der Waals surface area (Å²) in [6.45, 7) is 8.70. The molecule has 0 aliphatic carbocycles. The van der Waals surface area contributed by atoms with Crippen LogP contribution in [0.5, 0.6) is 5.75 Å². The molecule has 31 heavy (non-hydrogen) atoms. The summed E-state index contributed by atoms with van der Waals surface area (Å²) in [6, 6.07) is 8.29. The lowest BCUT2D eigenvalue weighted by Gasteiger charge is -2.28. The molecule has 1 N–H and O–H groups in total. The number of methoxy groups -OCH3 is 1. The molecule has 1 aliphatic heterocycles. The Bertz CT molecular complexity index is 1090. The van der Waals surface area contributed by atoms with Gasteiger partial charge in [0.1, 0.15) is 16.4 Å². The number of carbonyl (C=O) groups excluding carboxylic acids is 1. The Morgan fingerprint density at radius 1 is 1.26 bits per heavy atom. The zero-order valence-corrected chi connectivity index (χ0v) is 19.5. The summed E-state index contributed by atoms with van der Waals surface area (Å²) in [5.74, 6) is 1.63. The lowest BCUT2D eigenvalue weighted by molar-refractivity contribution is 0.0941. The quantitative estimate of drug-likeness (QED) is 0.590. The van der Waals surface area contributed by atoms with Gasteiger partial charge in [-0.1, -0.05) is 19.1 Å². The number of nitrogens with zero attached hydrogens (tertiary/aromatic N) is 3. The van der Waals surface area contributed by atoms with Crippen LogP contribution in [0.4, 0.5) is 0 Å². The summed E-state index contributed by atoms with van der Waals surface area (Å²) < 4.78 is 5.42. The van der Waals surface area contributed by atoms with E-state index in [-0.39, 0.29) is 11.9 Å². The van der Waals surface area contributed by atoms with Gasteiger partial charge in [-0.2, -0.15) is 0 Å². The van der Waals surface area contributed by atoms with Crippen LogP contribution in [0.15, 0.2) is 24.3 Å². The maximum atomic E-state index is 13.2. The lowest BCUT2D eigenvalue weighted by Crippen LogP contribution is -2.36. The first-order valence-corrected chi connectivity index (χ1v) is 11.8. The summed E-state index contributed by atoms with van der Waals surface area (Å²) >= 11 is 1.46. The fourth-order valence-corrected chi connectivity index (χ4v) is 5.57. The van der Waals surface area contributed by atoms with Crippen molar-refractivity contribution >= 4 is 27.5 Å². The number of hydrogen-bond donors (Lipinski definition) is 1. The van der Waals surface area contributed by atoms with E-state index in [4.69, 9.17) is 4.74 Å². The third kappa shape index (κ3) is 4.43. The van der Waals surface area contributed by atoms with Crippen molar-refractivity contribution in [1.29, 1.82) is 0 Å². The molecule has 1 atom stereocenters. The van der Waals surface area contributed by atoms with Crippen LogP contribution < -0.4 is 10.1 Å². The Hall–Kier alpha value is -2.51. The highest BCUT2D eigenvalue weighted by Crippen LogP contribution is 2.32. The van der Waals surface area contributed by atoms with Crippen molar-refractivity contribution in [2.75, 3.05) is 26.7 Å². The number of likely N-dealkylation sites (tertiary alicyclic amines) is 1. The summed E-state index contributed by atoms with van der Waals surface area (Å²) in [6.07, 6.45) is 3.18. The highest BCUT2D eigenvalue weighted by atomic mass is 32.1. The minimum atomic E-state index is -0.0370. The number of aromatic nitrogens is 2. The van der Waals surface area contributed by atoms with Crippen molar-refractivity contribution in [3.63, 3.8) is 0 Å². The second kappa shape index (κ2) is 9.32. The first-order valence-electron chi connectivity index (χ1n) is 10.9. The average Bonchev–Trinajstić information content (AvgIpc) is 3.42. The molecule has 0 bridgehead atoms. The van der Waals surface area contributed by atoms with Gasteiger partial charge >= 0.3 is 0 Å². The largest absolute Gasteiger partial charge is 0.497 e. The molecule has 3 heterocycles. The molecule has 1 amide bonds. The molecule has 0 spiro atoms. The number of thiophene rings is 1. The highest BCUT2D eigenvalue weighted by molar-refractivity contribution is 7.20. The first-order chi connectivity index (χ1) is 15.0. The third-order valence-corrected chi connectivity index (χ3v) is 7.24. The van der Waals surface area contributed by atoms with Gasteiger partial charge < -0.3 is 10.1 Å². The van der Waals surface area contributed by atoms with Crippen LogP contribution in [0.1, 0.15) is 58.1 Å². The van der Waals surface area contributed by atoms with Crippen LogP contribution in [0.2, 0.25) is 0 Å². The zero-order valence-electron chi connectivity index (χ0n) is 18.7.